The largest absolute Gasteiger partial charge is 0.444 e. The molecule has 1 aliphatic carbocycles. The predicted octanol–water partition coefficient (Wildman–Crippen LogP) is 5.21. The molecular formula is C27H28ClN3O5S. The fraction of sp³-hybridized carbons (Fsp3) is 0.370. The quantitative estimate of drug-likeness (QED) is 0.441. The average Bonchev–Trinajstić information content (AvgIpc) is 3.26. The van der Waals surface area contributed by atoms with E-state index in [0.29, 0.717) is 28.3 Å². The van der Waals surface area contributed by atoms with Crippen LogP contribution >= 0.6 is 22.9 Å². The highest BCUT2D eigenvalue weighted by molar-refractivity contribution is 7.21. The molecule has 1 fully saturated rings. The molecule has 0 N–H and O–H groups in total. The van der Waals surface area contributed by atoms with Gasteiger partial charge in [-0.25, -0.2) is 9.78 Å². The zero-order chi connectivity index (χ0) is 26.4. The predicted molar refractivity (Wildman–Crippen MR) is 144 cm³/mol. The van der Waals surface area contributed by atoms with Gasteiger partial charge in [0.2, 0.25) is 0 Å². The Morgan fingerprint density at radius 3 is 2.57 bits per heavy atom. The number of fused-ring (bicyclic) bond motifs is 1. The topological polar surface area (TPSA) is 82.9 Å². The summed E-state index contributed by atoms with van der Waals surface area (Å²) in [6, 6.07) is 9.17. The first-order valence-corrected chi connectivity index (χ1v) is 13.1. The molecule has 2 aromatic heterocycles. The van der Waals surface area contributed by atoms with Gasteiger partial charge in [0.25, 0.3) is 5.56 Å². The van der Waals surface area contributed by atoms with E-state index in [9.17, 15) is 9.59 Å². The van der Waals surface area contributed by atoms with E-state index >= 15 is 0 Å². The van der Waals surface area contributed by atoms with E-state index in [1.54, 1.807) is 34.9 Å². The molecule has 2 unspecified atom stereocenters. The number of methoxy groups -OCH3 is 1. The van der Waals surface area contributed by atoms with Crippen LogP contribution in [0.1, 0.15) is 20.8 Å². The van der Waals surface area contributed by atoms with Crippen molar-refractivity contribution in [1.29, 1.82) is 0 Å². The molecule has 0 spiro atoms. The van der Waals surface area contributed by atoms with Gasteiger partial charge in [-0.1, -0.05) is 42.0 Å². The van der Waals surface area contributed by atoms with Crippen molar-refractivity contribution in [2.45, 2.75) is 44.3 Å². The number of carbonyl (C=O) groups is 1. The van der Waals surface area contributed by atoms with Gasteiger partial charge in [0.1, 0.15) is 21.4 Å². The molecule has 3 heterocycles. The van der Waals surface area contributed by atoms with Crippen LogP contribution in [0, 0.1) is 0 Å². The van der Waals surface area contributed by atoms with Gasteiger partial charge in [-0.3, -0.25) is 9.36 Å². The first kappa shape index (κ1) is 25.7. The van der Waals surface area contributed by atoms with Crippen molar-refractivity contribution in [2.75, 3.05) is 20.2 Å². The second-order valence-electron chi connectivity index (χ2n) is 10.00. The van der Waals surface area contributed by atoms with Gasteiger partial charge in [0.15, 0.2) is 5.72 Å². The second-order valence-corrected chi connectivity index (χ2v) is 11.4. The molecule has 8 nitrogen and oxygen atoms in total. The molecule has 2 aliphatic rings. The highest BCUT2D eigenvalue weighted by Crippen LogP contribution is 2.34. The molecule has 5 rings (SSSR count). The summed E-state index contributed by atoms with van der Waals surface area (Å²) in [5.74, 6) is 0. The van der Waals surface area contributed by atoms with Crippen LogP contribution in [0.4, 0.5) is 4.79 Å². The average molecular weight is 542 g/mol. The summed E-state index contributed by atoms with van der Waals surface area (Å²) in [5.41, 5.74) is -0.484. The van der Waals surface area contributed by atoms with E-state index in [2.05, 4.69) is 4.98 Å². The van der Waals surface area contributed by atoms with Gasteiger partial charge in [-0.05, 0) is 45.0 Å². The van der Waals surface area contributed by atoms with Crippen molar-refractivity contribution in [3.05, 3.63) is 76.2 Å². The van der Waals surface area contributed by atoms with Crippen molar-refractivity contribution >= 4 is 39.2 Å². The number of nitrogens with zero attached hydrogens (tertiary/aromatic N) is 3. The Balaban J connectivity index is 1.41. The van der Waals surface area contributed by atoms with Crippen LogP contribution in [0.2, 0.25) is 5.02 Å². The molecule has 1 amide bonds. The maximum Gasteiger partial charge on any atom is 0.410 e. The maximum atomic E-state index is 13.7. The Morgan fingerprint density at radius 1 is 1.16 bits per heavy atom. The summed E-state index contributed by atoms with van der Waals surface area (Å²) in [7, 11) is 1.55. The molecule has 2 atom stereocenters. The van der Waals surface area contributed by atoms with Crippen LogP contribution in [-0.2, 0) is 19.9 Å². The number of amides is 1. The van der Waals surface area contributed by atoms with Crippen molar-refractivity contribution in [3.8, 4) is 10.6 Å². The van der Waals surface area contributed by atoms with Crippen LogP contribution in [-0.4, -0.2) is 58.6 Å². The molecule has 1 aliphatic heterocycles. The Morgan fingerprint density at radius 2 is 1.89 bits per heavy atom. The molecule has 0 saturated carbocycles. The van der Waals surface area contributed by atoms with E-state index in [-0.39, 0.29) is 17.8 Å². The number of thiazole rings is 1. The van der Waals surface area contributed by atoms with Gasteiger partial charge in [-0.2, -0.15) is 0 Å². The minimum Gasteiger partial charge on any atom is -0.444 e. The van der Waals surface area contributed by atoms with Crippen molar-refractivity contribution in [3.63, 3.8) is 0 Å². The lowest BCUT2D eigenvalue weighted by atomic mass is 9.99. The fourth-order valence-electron chi connectivity index (χ4n) is 4.35. The zero-order valence-corrected chi connectivity index (χ0v) is 22.6. The van der Waals surface area contributed by atoms with Gasteiger partial charge in [0, 0.05) is 23.9 Å². The Hall–Kier alpha value is -2.98. The number of hydrogen-bond acceptors (Lipinski definition) is 7. The van der Waals surface area contributed by atoms with E-state index in [1.807, 2.05) is 63.3 Å². The summed E-state index contributed by atoms with van der Waals surface area (Å²) >= 11 is 7.35. The van der Waals surface area contributed by atoms with Crippen LogP contribution in [0.25, 0.3) is 20.8 Å². The number of aromatic nitrogens is 2. The van der Waals surface area contributed by atoms with Crippen molar-refractivity contribution in [1.82, 2.24) is 14.5 Å². The number of likely N-dealkylation sites (tertiary alicyclic amines) is 1. The van der Waals surface area contributed by atoms with E-state index in [1.165, 1.54) is 11.3 Å². The molecule has 37 heavy (non-hydrogen) atoms. The third-order valence-corrected chi connectivity index (χ3v) is 7.58. The third kappa shape index (κ3) is 4.96. The molecule has 0 radical (unpaired) electrons. The van der Waals surface area contributed by atoms with Crippen molar-refractivity contribution < 1.29 is 19.0 Å². The van der Waals surface area contributed by atoms with Crippen LogP contribution < -0.4 is 5.56 Å². The van der Waals surface area contributed by atoms with E-state index in [0.717, 1.165) is 10.6 Å². The van der Waals surface area contributed by atoms with Gasteiger partial charge in [0.05, 0.1) is 24.7 Å². The van der Waals surface area contributed by atoms with Gasteiger partial charge in [-0.15, -0.1) is 11.3 Å². The number of rotatable bonds is 5. The van der Waals surface area contributed by atoms with Crippen molar-refractivity contribution in [2.24, 2.45) is 0 Å². The van der Waals surface area contributed by atoms with Gasteiger partial charge >= 0.3 is 6.09 Å². The molecule has 1 aromatic carbocycles. The smallest absolute Gasteiger partial charge is 0.410 e. The lowest BCUT2D eigenvalue weighted by molar-refractivity contribution is -0.173. The summed E-state index contributed by atoms with van der Waals surface area (Å²) in [4.78, 5) is 32.3. The minimum absolute atomic E-state index is 0.220. The standard InChI is InChI=1S/C27H28ClN3O5S/c1-26(2,3)36-25(33)30-15-19(16-30)35-21-7-5-6-13-27(21,34-4)31-14-12-20-22(24(31)32)37-23(29-20)17-8-10-18(28)11-9-17/h5-14,19,21H,15-16H2,1-4H3. The molecular weight excluding hydrogens is 514 g/mol. The fourth-order valence-corrected chi connectivity index (χ4v) is 5.47. The number of carbonyl (C=O) groups excluding carboxylic acids is 1. The summed E-state index contributed by atoms with van der Waals surface area (Å²) in [5, 5.41) is 1.37. The number of allylic oxidation sites excluding steroid dienone is 2. The molecule has 194 valence electrons. The minimum atomic E-state index is -1.20. The van der Waals surface area contributed by atoms with Crippen LogP contribution in [0.5, 0.6) is 0 Å². The molecule has 3 aromatic rings. The highest BCUT2D eigenvalue weighted by atomic mass is 35.5. The number of hydrogen-bond donors (Lipinski definition) is 0. The molecule has 10 heteroatoms. The zero-order valence-electron chi connectivity index (χ0n) is 21.0. The summed E-state index contributed by atoms with van der Waals surface area (Å²) < 4.78 is 19.8. The van der Waals surface area contributed by atoms with Crippen LogP contribution in [0.15, 0.2) is 65.6 Å². The first-order valence-electron chi connectivity index (χ1n) is 11.9. The summed E-state index contributed by atoms with van der Waals surface area (Å²) in [6.45, 7) is 6.30. The summed E-state index contributed by atoms with van der Waals surface area (Å²) in [6.07, 6.45) is 7.88. The van der Waals surface area contributed by atoms with Gasteiger partial charge < -0.3 is 19.1 Å². The lowest BCUT2D eigenvalue weighted by Crippen LogP contribution is -2.59. The lowest BCUT2D eigenvalue weighted by Gasteiger charge is -2.44. The number of halogens is 1. The number of benzene rings is 1. The third-order valence-electron chi connectivity index (χ3n) is 6.22. The monoisotopic (exact) mass is 541 g/mol. The second kappa shape index (κ2) is 9.72. The number of ether oxygens (including phenoxy) is 3. The van der Waals surface area contributed by atoms with E-state index < -0.39 is 17.4 Å². The highest BCUT2D eigenvalue weighted by Gasteiger charge is 2.44. The first-order chi connectivity index (χ1) is 17.6. The Labute approximate surface area is 223 Å². The normalized spacial score (nSPS) is 21.9. The number of pyridine rings is 1. The maximum absolute atomic E-state index is 13.7. The van der Waals surface area contributed by atoms with E-state index in [4.69, 9.17) is 25.8 Å². The molecule has 0 bridgehead atoms. The van der Waals surface area contributed by atoms with Crippen LogP contribution in [0.3, 0.4) is 0 Å². The Bertz CT molecular complexity index is 1430. The Kier molecular flexibility index (Phi) is 6.74. The SMILES string of the molecule is COC1(n2ccc3nc(-c4ccc(Cl)cc4)sc3c2=O)C=CC=CC1OC1CN(C(=O)OC(C)(C)C)C1. The molecule has 1 saturated heterocycles.